The standard InChI is InChI=1S/C12H12N2O9/c15-6(12(21)23-14-9(18)3-4-10(14)19)5-11(20)22-13-7(16)1-2-8(13)17/h6,15H,1-5H2/t6-/m0/s1. The first kappa shape index (κ1) is 16.5. The summed E-state index contributed by atoms with van der Waals surface area (Å²) in [5.74, 6) is -5.55. The summed E-state index contributed by atoms with van der Waals surface area (Å²) in [6, 6.07) is 0. The molecule has 4 amide bonds. The van der Waals surface area contributed by atoms with Crippen LogP contribution < -0.4 is 0 Å². The quantitative estimate of drug-likeness (QED) is 0.563. The summed E-state index contributed by atoms with van der Waals surface area (Å²) in [5, 5.41) is 9.98. The predicted molar refractivity (Wildman–Crippen MR) is 65.0 cm³/mol. The van der Waals surface area contributed by atoms with Crippen LogP contribution in [0, 0.1) is 0 Å². The number of nitrogens with zero attached hydrogens (tertiary/aromatic N) is 2. The van der Waals surface area contributed by atoms with E-state index >= 15 is 0 Å². The number of carbonyl (C=O) groups excluding carboxylic acids is 6. The van der Waals surface area contributed by atoms with Gasteiger partial charge in [0.25, 0.3) is 23.6 Å². The summed E-state index contributed by atoms with van der Waals surface area (Å²) < 4.78 is 0. The zero-order valence-corrected chi connectivity index (χ0v) is 11.7. The largest absolute Gasteiger partial charge is 0.381 e. The lowest BCUT2D eigenvalue weighted by atomic mass is 10.2. The van der Waals surface area contributed by atoms with E-state index in [4.69, 9.17) is 0 Å². The van der Waals surface area contributed by atoms with E-state index in [0.717, 1.165) is 0 Å². The summed E-state index contributed by atoms with van der Waals surface area (Å²) in [6.45, 7) is 0. The van der Waals surface area contributed by atoms with Crippen LogP contribution in [0.4, 0.5) is 0 Å². The first-order valence-corrected chi connectivity index (χ1v) is 6.62. The van der Waals surface area contributed by atoms with Crippen LogP contribution in [0.15, 0.2) is 0 Å². The molecule has 0 radical (unpaired) electrons. The first-order valence-electron chi connectivity index (χ1n) is 6.62. The molecule has 0 saturated carbocycles. The number of carbonyl (C=O) groups is 6. The lowest BCUT2D eigenvalue weighted by Gasteiger charge is -2.16. The Labute approximate surface area is 128 Å². The van der Waals surface area contributed by atoms with Gasteiger partial charge in [-0.2, -0.15) is 0 Å². The minimum atomic E-state index is -2.03. The van der Waals surface area contributed by atoms with Crippen LogP contribution in [0.1, 0.15) is 32.1 Å². The highest BCUT2D eigenvalue weighted by Crippen LogP contribution is 2.15. The molecule has 2 fully saturated rings. The molecule has 2 saturated heterocycles. The zero-order valence-electron chi connectivity index (χ0n) is 11.7. The molecule has 0 aromatic heterocycles. The fourth-order valence-electron chi connectivity index (χ4n) is 1.85. The Kier molecular flexibility index (Phi) is 4.69. The van der Waals surface area contributed by atoms with Gasteiger partial charge in [-0.15, -0.1) is 10.1 Å². The van der Waals surface area contributed by atoms with E-state index in [1.807, 2.05) is 0 Å². The highest BCUT2D eigenvalue weighted by Gasteiger charge is 2.37. The van der Waals surface area contributed by atoms with E-state index in [1.54, 1.807) is 0 Å². The van der Waals surface area contributed by atoms with Crippen molar-refractivity contribution in [2.24, 2.45) is 0 Å². The van der Waals surface area contributed by atoms with E-state index in [0.29, 0.717) is 0 Å². The topological polar surface area (TPSA) is 148 Å². The van der Waals surface area contributed by atoms with Gasteiger partial charge < -0.3 is 14.8 Å². The van der Waals surface area contributed by atoms with Gasteiger partial charge in [-0.1, -0.05) is 0 Å². The van der Waals surface area contributed by atoms with Crippen molar-refractivity contribution in [1.82, 2.24) is 10.1 Å². The molecular formula is C12H12N2O9. The Hall–Kier alpha value is -2.82. The molecule has 2 aliphatic rings. The Bertz CT molecular complexity index is 567. The fourth-order valence-corrected chi connectivity index (χ4v) is 1.85. The van der Waals surface area contributed by atoms with E-state index in [9.17, 15) is 33.9 Å². The van der Waals surface area contributed by atoms with Gasteiger partial charge in [-0.25, -0.2) is 9.59 Å². The SMILES string of the molecule is O=C(C[C@H](O)C(=O)ON1C(=O)CCC1=O)ON1C(=O)CCC1=O. The van der Waals surface area contributed by atoms with E-state index in [1.165, 1.54) is 0 Å². The maximum atomic E-state index is 11.5. The second-order valence-electron chi connectivity index (χ2n) is 4.76. The van der Waals surface area contributed by atoms with Gasteiger partial charge in [0.05, 0.1) is 6.42 Å². The number of amides is 4. The molecule has 1 N–H and O–H groups in total. The van der Waals surface area contributed by atoms with Gasteiger partial charge in [0.2, 0.25) is 0 Å². The smallest absolute Gasteiger partial charge is 0.361 e. The van der Waals surface area contributed by atoms with Gasteiger partial charge in [0, 0.05) is 25.7 Å². The first-order chi connectivity index (χ1) is 10.8. The van der Waals surface area contributed by atoms with Crippen LogP contribution in [0.5, 0.6) is 0 Å². The number of imide groups is 2. The number of aliphatic hydroxyl groups is 1. The van der Waals surface area contributed by atoms with E-state index < -0.39 is 48.1 Å². The molecule has 0 bridgehead atoms. The number of hydrogen-bond acceptors (Lipinski definition) is 9. The summed E-state index contributed by atoms with van der Waals surface area (Å²) in [7, 11) is 0. The molecule has 11 nitrogen and oxygen atoms in total. The molecule has 2 heterocycles. The molecule has 2 aliphatic heterocycles. The van der Waals surface area contributed by atoms with Crippen LogP contribution >= 0.6 is 0 Å². The Balaban J connectivity index is 1.84. The van der Waals surface area contributed by atoms with Gasteiger partial charge in [-0.05, 0) is 0 Å². The predicted octanol–water partition coefficient (Wildman–Crippen LogP) is -2.05. The molecule has 11 heteroatoms. The minimum absolute atomic E-state index is 0.101. The normalized spacial score (nSPS) is 19.3. The highest BCUT2D eigenvalue weighted by atomic mass is 16.7. The third kappa shape index (κ3) is 3.69. The molecule has 0 aromatic rings. The average Bonchev–Trinajstić information content (AvgIpc) is 2.97. The highest BCUT2D eigenvalue weighted by molar-refractivity contribution is 6.02. The van der Waals surface area contributed by atoms with E-state index in [-0.39, 0.29) is 35.8 Å². The van der Waals surface area contributed by atoms with Crippen molar-refractivity contribution >= 4 is 35.6 Å². The van der Waals surface area contributed by atoms with E-state index in [2.05, 4.69) is 9.68 Å². The summed E-state index contributed by atoms with van der Waals surface area (Å²) in [4.78, 5) is 76.8. The van der Waals surface area contributed by atoms with Crippen LogP contribution in [-0.2, 0) is 38.4 Å². The lowest BCUT2D eigenvalue weighted by molar-refractivity contribution is -0.207. The van der Waals surface area contributed by atoms with Crippen LogP contribution in [0.3, 0.4) is 0 Å². The van der Waals surface area contributed by atoms with Gasteiger partial charge >= 0.3 is 11.9 Å². The van der Waals surface area contributed by atoms with Crippen molar-refractivity contribution in [3.8, 4) is 0 Å². The molecule has 124 valence electrons. The van der Waals surface area contributed by atoms with Crippen molar-refractivity contribution in [1.29, 1.82) is 0 Å². The maximum absolute atomic E-state index is 11.5. The third-order valence-corrected chi connectivity index (χ3v) is 3.02. The van der Waals surface area contributed by atoms with Crippen LogP contribution in [0.25, 0.3) is 0 Å². The van der Waals surface area contributed by atoms with Crippen molar-refractivity contribution < 1.29 is 43.5 Å². The molecule has 0 spiro atoms. The van der Waals surface area contributed by atoms with Gasteiger partial charge in [0.15, 0.2) is 6.10 Å². The molecule has 2 rings (SSSR count). The molecule has 23 heavy (non-hydrogen) atoms. The second kappa shape index (κ2) is 6.52. The summed E-state index contributed by atoms with van der Waals surface area (Å²) in [5.41, 5.74) is 0. The Morgan fingerprint density at radius 1 is 0.870 bits per heavy atom. The zero-order chi connectivity index (χ0) is 17.1. The monoisotopic (exact) mass is 328 g/mol. The molecule has 0 aromatic carbocycles. The van der Waals surface area contributed by atoms with Crippen molar-refractivity contribution in [3.05, 3.63) is 0 Å². The van der Waals surface area contributed by atoms with Crippen LogP contribution in [0.2, 0.25) is 0 Å². The Morgan fingerprint density at radius 3 is 1.70 bits per heavy atom. The molecule has 0 aliphatic carbocycles. The van der Waals surface area contributed by atoms with Crippen LogP contribution in [-0.4, -0.2) is 56.9 Å². The summed E-state index contributed by atoms with van der Waals surface area (Å²) in [6.07, 6.45) is -3.40. The number of hydrogen-bond donors (Lipinski definition) is 1. The molecule has 1 atom stereocenters. The number of rotatable bonds is 5. The van der Waals surface area contributed by atoms with Crippen molar-refractivity contribution in [2.45, 2.75) is 38.2 Å². The van der Waals surface area contributed by atoms with Gasteiger partial charge in [0.1, 0.15) is 0 Å². The second-order valence-corrected chi connectivity index (χ2v) is 4.76. The third-order valence-electron chi connectivity index (χ3n) is 3.02. The van der Waals surface area contributed by atoms with Crippen molar-refractivity contribution in [3.63, 3.8) is 0 Å². The van der Waals surface area contributed by atoms with Gasteiger partial charge in [-0.3, -0.25) is 19.2 Å². The Morgan fingerprint density at radius 2 is 1.26 bits per heavy atom. The minimum Gasteiger partial charge on any atom is -0.381 e. The summed E-state index contributed by atoms with van der Waals surface area (Å²) >= 11 is 0. The number of aliphatic hydroxyl groups excluding tert-OH is 1. The lowest BCUT2D eigenvalue weighted by Crippen LogP contribution is -2.38. The fraction of sp³-hybridized carbons (Fsp3) is 0.500. The average molecular weight is 328 g/mol. The molecular weight excluding hydrogens is 316 g/mol. The maximum Gasteiger partial charge on any atom is 0.361 e. The number of hydroxylamine groups is 4. The van der Waals surface area contributed by atoms with Crippen molar-refractivity contribution in [2.75, 3.05) is 0 Å². The molecule has 0 unspecified atom stereocenters.